The van der Waals surface area contributed by atoms with Crippen molar-refractivity contribution in [1.29, 1.82) is 0 Å². The summed E-state index contributed by atoms with van der Waals surface area (Å²) >= 11 is 0. The van der Waals surface area contributed by atoms with Crippen molar-refractivity contribution < 1.29 is 0 Å². The van der Waals surface area contributed by atoms with E-state index in [0.717, 1.165) is 55.4 Å². The zero-order valence-electron chi connectivity index (χ0n) is 16.4. The van der Waals surface area contributed by atoms with Gasteiger partial charge in [-0.05, 0) is 31.7 Å². The van der Waals surface area contributed by atoms with Gasteiger partial charge >= 0.3 is 5.69 Å². The second kappa shape index (κ2) is 7.96. The Labute approximate surface area is 164 Å². The van der Waals surface area contributed by atoms with Gasteiger partial charge in [0, 0.05) is 30.8 Å². The van der Waals surface area contributed by atoms with Crippen LogP contribution in [0.1, 0.15) is 48.5 Å². The molecule has 0 saturated carbocycles. The maximum Gasteiger partial charge on any atom is 0.343 e. The Morgan fingerprint density at radius 2 is 1.93 bits per heavy atom. The number of hydrogen-bond donors (Lipinski definition) is 1. The van der Waals surface area contributed by atoms with Crippen LogP contribution in [0.3, 0.4) is 0 Å². The Morgan fingerprint density at radius 1 is 1.18 bits per heavy atom. The smallest absolute Gasteiger partial charge is 0.343 e. The maximum absolute atomic E-state index is 12.3. The van der Waals surface area contributed by atoms with Crippen molar-refractivity contribution in [3.05, 3.63) is 69.8 Å². The van der Waals surface area contributed by atoms with E-state index < -0.39 is 0 Å². The van der Waals surface area contributed by atoms with E-state index in [2.05, 4.69) is 32.0 Å². The van der Waals surface area contributed by atoms with E-state index in [1.807, 2.05) is 43.5 Å². The van der Waals surface area contributed by atoms with Crippen LogP contribution in [0.25, 0.3) is 0 Å². The lowest BCUT2D eigenvalue weighted by Gasteiger charge is -2.33. The molecular formula is C21H26N6O. The molecule has 7 heteroatoms. The van der Waals surface area contributed by atoms with Crippen LogP contribution in [0.2, 0.25) is 0 Å². The molecule has 1 saturated heterocycles. The van der Waals surface area contributed by atoms with Crippen molar-refractivity contribution in [2.45, 2.75) is 45.6 Å². The number of rotatable bonds is 5. The number of nitrogens with zero attached hydrogens (tertiary/aromatic N) is 5. The van der Waals surface area contributed by atoms with Gasteiger partial charge in [-0.2, -0.15) is 5.10 Å². The first-order valence-corrected chi connectivity index (χ1v) is 9.92. The Morgan fingerprint density at radius 3 is 2.64 bits per heavy atom. The van der Waals surface area contributed by atoms with E-state index >= 15 is 0 Å². The predicted molar refractivity (Wildman–Crippen MR) is 109 cm³/mol. The molecule has 0 atom stereocenters. The molecule has 0 unspecified atom stereocenters. The van der Waals surface area contributed by atoms with Crippen LogP contribution in [-0.2, 0) is 13.0 Å². The molecule has 1 aromatic carbocycles. The second-order valence-corrected chi connectivity index (χ2v) is 7.34. The Kier molecular flexibility index (Phi) is 5.23. The average molecular weight is 378 g/mol. The Hall–Kier alpha value is -2.96. The van der Waals surface area contributed by atoms with Crippen LogP contribution in [0, 0.1) is 6.92 Å². The number of anilines is 1. The molecule has 2 aromatic heterocycles. The highest BCUT2D eigenvalue weighted by atomic mass is 16.1. The molecule has 3 aromatic rings. The molecule has 0 bridgehead atoms. The molecule has 28 heavy (non-hydrogen) atoms. The first-order chi connectivity index (χ1) is 13.7. The number of aromatic nitrogens is 5. The summed E-state index contributed by atoms with van der Waals surface area (Å²) in [6, 6.07) is 10.0. The largest absolute Gasteiger partial charge is 0.356 e. The molecule has 0 spiro atoms. The molecule has 1 aliphatic rings. The normalized spacial score (nSPS) is 15.1. The van der Waals surface area contributed by atoms with Crippen molar-refractivity contribution in [2.24, 2.45) is 0 Å². The second-order valence-electron chi connectivity index (χ2n) is 7.34. The lowest BCUT2D eigenvalue weighted by atomic mass is 9.95. The molecule has 0 amide bonds. The number of piperidine rings is 1. The molecule has 4 rings (SSSR count). The summed E-state index contributed by atoms with van der Waals surface area (Å²) in [6.07, 6.45) is 4.76. The highest BCUT2D eigenvalue weighted by Crippen LogP contribution is 2.30. The molecule has 1 aliphatic heterocycles. The minimum atomic E-state index is -0.138. The first-order valence-electron chi connectivity index (χ1n) is 9.92. The SMILES string of the molecule is CCc1cnc(C)nc1N1CCC(c2n[nH]c(=O)n2Cc2ccccc2)CC1. The average Bonchev–Trinajstić information content (AvgIpc) is 3.09. The number of H-pyrrole nitrogens is 1. The number of hydrogen-bond acceptors (Lipinski definition) is 5. The Bertz CT molecular complexity index is 986. The van der Waals surface area contributed by atoms with Crippen LogP contribution in [0.5, 0.6) is 0 Å². The van der Waals surface area contributed by atoms with Crippen molar-refractivity contribution in [3.8, 4) is 0 Å². The number of aromatic amines is 1. The van der Waals surface area contributed by atoms with Crippen LogP contribution in [0.4, 0.5) is 5.82 Å². The fourth-order valence-electron chi connectivity index (χ4n) is 3.92. The van der Waals surface area contributed by atoms with Gasteiger partial charge in [0.2, 0.25) is 0 Å². The third-order valence-corrected chi connectivity index (χ3v) is 5.47. The highest BCUT2D eigenvalue weighted by Gasteiger charge is 2.27. The number of nitrogens with one attached hydrogen (secondary N) is 1. The molecule has 7 nitrogen and oxygen atoms in total. The summed E-state index contributed by atoms with van der Waals surface area (Å²) in [5, 5.41) is 7.01. The minimum absolute atomic E-state index is 0.138. The van der Waals surface area contributed by atoms with Gasteiger partial charge in [-0.25, -0.2) is 19.9 Å². The van der Waals surface area contributed by atoms with Gasteiger partial charge in [-0.3, -0.25) is 4.57 Å². The van der Waals surface area contributed by atoms with Crippen molar-refractivity contribution in [1.82, 2.24) is 24.7 Å². The van der Waals surface area contributed by atoms with Gasteiger partial charge in [0.25, 0.3) is 0 Å². The molecule has 1 N–H and O–H groups in total. The van der Waals surface area contributed by atoms with Gasteiger partial charge in [0.15, 0.2) is 0 Å². The van der Waals surface area contributed by atoms with E-state index in [9.17, 15) is 4.79 Å². The zero-order chi connectivity index (χ0) is 19.5. The van der Waals surface area contributed by atoms with Gasteiger partial charge < -0.3 is 4.90 Å². The zero-order valence-corrected chi connectivity index (χ0v) is 16.4. The lowest BCUT2D eigenvalue weighted by molar-refractivity contribution is 0.465. The standard InChI is InChI=1S/C21H26N6O/c1-3-17-13-22-15(2)23-19(17)26-11-9-18(10-12-26)20-24-25-21(28)27(20)14-16-7-5-4-6-8-16/h4-8,13,18H,3,9-12,14H2,1-2H3,(H,25,28). The van der Waals surface area contributed by atoms with E-state index in [4.69, 9.17) is 0 Å². The Balaban J connectivity index is 1.51. The summed E-state index contributed by atoms with van der Waals surface area (Å²) in [4.78, 5) is 23.7. The number of aryl methyl sites for hydroxylation is 2. The summed E-state index contributed by atoms with van der Waals surface area (Å²) in [7, 11) is 0. The van der Waals surface area contributed by atoms with Gasteiger partial charge in [-0.15, -0.1) is 0 Å². The van der Waals surface area contributed by atoms with E-state index in [1.54, 1.807) is 4.57 Å². The first kappa shape index (κ1) is 18.4. The number of benzene rings is 1. The fraction of sp³-hybridized carbons (Fsp3) is 0.429. The summed E-state index contributed by atoms with van der Waals surface area (Å²) < 4.78 is 1.78. The maximum atomic E-state index is 12.3. The molecule has 3 heterocycles. The van der Waals surface area contributed by atoms with Gasteiger partial charge in [0.1, 0.15) is 17.5 Å². The van der Waals surface area contributed by atoms with Crippen LogP contribution < -0.4 is 10.6 Å². The van der Waals surface area contributed by atoms with Gasteiger partial charge in [-0.1, -0.05) is 37.3 Å². The van der Waals surface area contributed by atoms with Crippen LogP contribution >= 0.6 is 0 Å². The third-order valence-electron chi connectivity index (χ3n) is 5.47. The summed E-state index contributed by atoms with van der Waals surface area (Å²) in [5.41, 5.74) is 2.15. The molecular weight excluding hydrogens is 352 g/mol. The topological polar surface area (TPSA) is 79.7 Å². The van der Waals surface area contributed by atoms with E-state index in [1.165, 1.54) is 5.56 Å². The monoisotopic (exact) mass is 378 g/mol. The van der Waals surface area contributed by atoms with E-state index in [-0.39, 0.29) is 11.6 Å². The minimum Gasteiger partial charge on any atom is -0.356 e. The van der Waals surface area contributed by atoms with Crippen LogP contribution in [-0.4, -0.2) is 37.8 Å². The summed E-state index contributed by atoms with van der Waals surface area (Å²) in [5.74, 6) is 2.99. The highest BCUT2D eigenvalue weighted by molar-refractivity contribution is 5.46. The predicted octanol–water partition coefficient (Wildman–Crippen LogP) is 2.66. The van der Waals surface area contributed by atoms with Crippen molar-refractivity contribution in [2.75, 3.05) is 18.0 Å². The molecule has 146 valence electrons. The molecule has 0 radical (unpaired) electrons. The third kappa shape index (κ3) is 3.69. The van der Waals surface area contributed by atoms with Gasteiger partial charge in [0.05, 0.1) is 6.54 Å². The van der Waals surface area contributed by atoms with Crippen LogP contribution in [0.15, 0.2) is 41.3 Å². The quantitative estimate of drug-likeness (QED) is 0.738. The van der Waals surface area contributed by atoms with Crippen molar-refractivity contribution >= 4 is 5.82 Å². The summed E-state index contributed by atoms with van der Waals surface area (Å²) in [6.45, 7) is 6.43. The van der Waals surface area contributed by atoms with E-state index in [0.29, 0.717) is 6.54 Å². The fourth-order valence-corrected chi connectivity index (χ4v) is 3.92. The lowest BCUT2D eigenvalue weighted by Crippen LogP contribution is -2.35. The molecule has 0 aliphatic carbocycles. The van der Waals surface area contributed by atoms with Crippen molar-refractivity contribution in [3.63, 3.8) is 0 Å². The molecule has 1 fully saturated rings.